The highest BCUT2D eigenvalue weighted by molar-refractivity contribution is 5.92. The van der Waals surface area contributed by atoms with E-state index in [0.717, 1.165) is 18.8 Å². The summed E-state index contributed by atoms with van der Waals surface area (Å²) in [6.07, 6.45) is -4.46. The van der Waals surface area contributed by atoms with Gasteiger partial charge in [-0.1, -0.05) is 6.92 Å². The van der Waals surface area contributed by atoms with Crippen LogP contribution in [0.4, 0.5) is 24.5 Å². The summed E-state index contributed by atoms with van der Waals surface area (Å²) in [6, 6.07) is 7.39. The number of benzene rings is 1. The Kier molecular flexibility index (Phi) is 8.06. The standard InChI is InChI=1S/C18H25F3N4O3/c1-2-24(11-16(26)22-13-18(19,20)21)12-17(27)23-14-3-5-15(6-4-14)25-7-9-28-10-8-25/h3-6H,2,7-13H2,1H3,(H,22,26)(H,23,27). The summed E-state index contributed by atoms with van der Waals surface area (Å²) in [5.74, 6) is -1.12. The number of anilines is 2. The number of amides is 2. The number of rotatable bonds is 8. The fraction of sp³-hybridized carbons (Fsp3) is 0.556. The molecule has 0 aromatic heterocycles. The van der Waals surface area contributed by atoms with E-state index in [4.69, 9.17) is 4.74 Å². The van der Waals surface area contributed by atoms with Crippen molar-refractivity contribution in [2.45, 2.75) is 13.1 Å². The van der Waals surface area contributed by atoms with E-state index in [0.29, 0.717) is 25.4 Å². The highest BCUT2D eigenvalue weighted by atomic mass is 19.4. The maximum atomic E-state index is 12.2. The number of nitrogens with one attached hydrogen (secondary N) is 2. The Bertz CT molecular complexity index is 646. The first-order chi connectivity index (χ1) is 13.3. The maximum Gasteiger partial charge on any atom is 0.405 e. The van der Waals surface area contributed by atoms with Crippen LogP contribution in [0.5, 0.6) is 0 Å². The van der Waals surface area contributed by atoms with Crippen LogP contribution in [0.1, 0.15) is 6.92 Å². The molecule has 1 heterocycles. The largest absolute Gasteiger partial charge is 0.405 e. The summed E-state index contributed by atoms with van der Waals surface area (Å²) in [4.78, 5) is 27.4. The predicted octanol–water partition coefficient (Wildman–Crippen LogP) is 1.46. The lowest BCUT2D eigenvalue weighted by atomic mass is 10.2. The highest BCUT2D eigenvalue weighted by Crippen LogP contribution is 2.19. The van der Waals surface area contributed by atoms with Crippen LogP contribution in [0, 0.1) is 0 Å². The molecule has 0 radical (unpaired) electrons. The van der Waals surface area contributed by atoms with Gasteiger partial charge in [-0.25, -0.2) is 0 Å². The van der Waals surface area contributed by atoms with Crippen molar-refractivity contribution < 1.29 is 27.5 Å². The maximum absolute atomic E-state index is 12.2. The first kappa shape index (κ1) is 22.0. The lowest BCUT2D eigenvalue weighted by Crippen LogP contribution is -2.43. The molecule has 0 aliphatic carbocycles. The van der Waals surface area contributed by atoms with Gasteiger partial charge in [-0.2, -0.15) is 13.2 Å². The summed E-state index contributed by atoms with van der Waals surface area (Å²) < 4.78 is 41.7. The Morgan fingerprint density at radius 3 is 2.29 bits per heavy atom. The monoisotopic (exact) mass is 402 g/mol. The number of carbonyl (C=O) groups excluding carboxylic acids is 2. The minimum atomic E-state index is -4.46. The van der Waals surface area contributed by atoms with E-state index in [2.05, 4.69) is 10.2 Å². The molecule has 0 atom stereocenters. The molecule has 10 heteroatoms. The second-order valence-corrected chi connectivity index (χ2v) is 6.39. The molecular formula is C18H25F3N4O3. The average Bonchev–Trinajstić information content (AvgIpc) is 2.66. The summed E-state index contributed by atoms with van der Waals surface area (Å²) in [5, 5.41) is 4.53. The normalized spacial score (nSPS) is 14.8. The zero-order valence-corrected chi connectivity index (χ0v) is 15.7. The molecule has 1 aromatic carbocycles. The Labute approximate surface area is 161 Å². The van der Waals surface area contributed by atoms with Crippen LogP contribution in [0.3, 0.4) is 0 Å². The molecular weight excluding hydrogens is 377 g/mol. The number of morpholine rings is 1. The van der Waals surface area contributed by atoms with Crippen LogP contribution in [-0.2, 0) is 14.3 Å². The molecule has 0 saturated carbocycles. The van der Waals surface area contributed by atoms with Crippen molar-refractivity contribution in [2.24, 2.45) is 0 Å². The molecule has 1 fully saturated rings. The van der Waals surface area contributed by atoms with E-state index >= 15 is 0 Å². The average molecular weight is 402 g/mol. The molecule has 0 bridgehead atoms. The Morgan fingerprint density at radius 1 is 1.11 bits per heavy atom. The molecule has 1 aliphatic heterocycles. The van der Waals surface area contributed by atoms with Gasteiger partial charge in [0, 0.05) is 24.5 Å². The fourth-order valence-corrected chi connectivity index (χ4v) is 2.72. The van der Waals surface area contributed by atoms with E-state index in [1.807, 2.05) is 12.1 Å². The van der Waals surface area contributed by atoms with E-state index < -0.39 is 18.6 Å². The SMILES string of the molecule is CCN(CC(=O)NCC(F)(F)F)CC(=O)Nc1ccc(N2CCOCC2)cc1. The van der Waals surface area contributed by atoms with E-state index in [1.54, 1.807) is 24.4 Å². The van der Waals surface area contributed by atoms with Crippen LogP contribution in [0.15, 0.2) is 24.3 Å². The molecule has 2 amide bonds. The Morgan fingerprint density at radius 2 is 1.71 bits per heavy atom. The van der Waals surface area contributed by atoms with Crippen molar-refractivity contribution >= 4 is 23.2 Å². The van der Waals surface area contributed by atoms with Crippen LogP contribution >= 0.6 is 0 Å². The van der Waals surface area contributed by atoms with Gasteiger partial charge in [-0.05, 0) is 30.8 Å². The number of carbonyl (C=O) groups is 2. The van der Waals surface area contributed by atoms with Gasteiger partial charge in [0.2, 0.25) is 11.8 Å². The van der Waals surface area contributed by atoms with Gasteiger partial charge in [0.15, 0.2) is 0 Å². The van der Waals surface area contributed by atoms with Crippen molar-refractivity contribution in [1.82, 2.24) is 10.2 Å². The van der Waals surface area contributed by atoms with Crippen molar-refractivity contribution in [3.8, 4) is 0 Å². The highest BCUT2D eigenvalue weighted by Gasteiger charge is 2.28. The van der Waals surface area contributed by atoms with Crippen molar-refractivity contribution in [3.63, 3.8) is 0 Å². The zero-order valence-electron chi connectivity index (χ0n) is 15.7. The number of hydrogen-bond donors (Lipinski definition) is 2. The van der Waals surface area contributed by atoms with Crippen LogP contribution in [0.25, 0.3) is 0 Å². The topological polar surface area (TPSA) is 73.9 Å². The van der Waals surface area contributed by atoms with Gasteiger partial charge in [-0.3, -0.25) is 14.5 Å². The van der Waals surface area contributed by atoms with Gasteiger partial charge in [0.1, 0.15) is 6.54 Å². The number of hydrogen-bond acceptors (Lipinski definition) is 5. The molecule has 1 aliphatic rings. The van der Waals surface area contributed by atoms with Crippen molar-refractivity contribution in [2.75, 3.05) is 62.7 Å². The number of nitrogens with zero attached hydrogens (tertiary/aromatic N) is 2. The van der Waals surface area contributed by atoms with Gasteiger partial charge in [0.25, 0.3) is 0 Å². The van der Waals surface area contributed by atoms with Crippen molar-refractivity contribution in [3.05, 3.63) is 24.3 Å². The van der Waals surface area contributed by atoms with Crippen LogP contribution in [0.2, 0.25) is 0 Å². The minimum Gasteiger partial charge on any atom is -0.378 e. The summed E-state index contributed by atoms with van der Waals surface area (Å²) >= 11 is 0. The molecule has 2 N–H and O–H groups in total. The molecule has 156 valence electrons. The van der Waals surface area contributed by atoms with Crippen molar-refractivity contribution in [1.29, 1.82) is 0 Å². The zero-order chi connectivity index (χ0) is 20.6. The first-order valence-corrected chi connectivity index (χ1v) is 9.05. The molecule has 0 unspecified atom stereocenters. The Balaban J connectivity index is 1.80. The third kappa shape index (κ3) is 7.73. The van der Waals surface area contributed by atoms with Crippen LogP contribution < -0.4 is 15.5 Å². The summed E-state index contributed by atoms with van der Waals surface area (Å²) in [6.45, 7) is 3.30. The third-order valence-electron chi connectivity index (χ3n) is 4.19. The minimum absolute atomic E-state index is 0.0961. The number of likely N-dealkylation sites (N-methyl/N-ethyl adjacent to an activating group) is 1. The second kappa shape index (κ2) is 10.3. The lowest BCUT2D eigenvalue weighted by molar-refractivity contribution is -0.139. The molecule has 2 rings (SSSR count). The number of ether oxygens (including phenoxy) is 1. The number of halogens is 3. The third-order valence-corrected chi connectivity index (χ3v) is 4.19. The smallest absolute Gasteiger partial charge is 0.378 e. The fourth-order valence-electron chi connectivity index (χ4n) is 2.72. The quantitative estimate of drug-likeness (QED) is 0.689. The van der Waals surface area contributed by atoms with E-state index in [-0.39, 0.29) is 19.0 Å². The Hall–Kier alpha value is -2.33. The van der Waals surface area contributed by atoms with Gasteiger partial charge >= 0.3 is 6.18 Å². The summed E-state index contributed by atoms with van der Waals surface area (Å²) in [7, 11) is 0. The van der Waals surface area contributed by atoms with E-state index in [1.165, 1.54) is 4.90 Å². The molecule has 1 saturated heterocycles. The van der Waals surface area contributed by atoms with Gasteiger partial charge in [-0.15, -0.1) is 0 Å². The molecule has 1 aromatic rings. The molecule has 0 spiro atoms. The van der Waals surface area contributed by atoms with Gasteiger partial charge in [0.05, 0.1) is 26.3 Å². The summed E-state index contributed by atoms with van der Waals surface area (Å²) in [5.41, 5.74) is 1.65. The number of alkyl halides is 3. The second-order valence-electron chi connectivity index (χ2n) is 6.39. The lowest BCUT2D eigenvalue weighted by Gasteiger charge is -2.29. The predicted molar refractivity (Wildman–Crippen MR) is 99.3 cm³/mol. The molecule has 7 nitrogen and oxygen atoms in total. The van der Waals surface area contributed by atoms with Crippen LogP contribution in [-0.4, -0.2) is 75.4 Å². The first-order valence-electron chi connectivity index (χ1n) is 9.05. The van der Waals surface area contributed by atoms with E-state index in [9.17, 15) is 22.8 Å². The molecule has 28 heavy (non-hydrogen) atoms. The van der Waals surface area contributed by atoms with Gasteiger partial charge < -0.3 is 20.3 Å².